The number of methoxy groups -OCH3 is 2. The number of amides is 4. The van der Waals surface area contributed by atoms with E-state index in [0.29, 0.717) is 49.9 Å². The molecule has 1 N–H and O–H groups in total. The first-order valence-electron chi connectivity index (χ1n) is 11.8. The molecule has 2 saturated heterocycles. The Morgan fingerprint density at radius 3 is 2.58 bits per heavy atom. The number of imide groups is 1. The minimum absolute atomic E-state index is 0.0265. The van der Waals surface area contributed by atoms with Gasteiger partial charge in [0.1, 0.15) is 6.04 Å². The molecule has 2 atom stereocenters. The Bertz CT molecular complexity index is 869. The molecule has 33 heavy (non-hydrogen) atoms. The van der Waals surface area contributed by atoms with E-state index in [9.17, 15) is 14.4 Å². The molecule has 0 bridgehead atoms. The predicted octanol–water partition coefficient (Wildman–Crippen LogP) is 1.77. The van der Waals surface area contributed by atoms with Gasteiger partial charge in [-0.2, -0.15) is 0 Å². The van der Waals surface area contributed by atoms with E-state index < -0.39 is 6.04 Å². The van der Waals surface area contributed by atoms with Gasteiger partial charge in [0, 0.05) is 38.5 Å². The second-order valence-corrected chi connectivity index (χ2v) is 8.93. The quantitative estimate of drug-likeness (QED) is 0.567. The van der Waals surface area contributed by atoms with E-state index in [1.807, 2.05) is 12.1 Å². The number of carbonyl (C=O) groups is 3. The molecule has 9 nitrogen and oxygen atoms in total. The summed E-state index contributed by atoms with van der Waals surface area (Å²) in [5.74, 6) is 1.01. The number of rotatable bonds is 9. The lowest BCUT2D eigenvalue weighted by atomic mass is 9.94. The first-order chi connectivity index (χ1) is 16.0. The van der Waals surface area contributed by atoms with Gasteiger partial charge in [0.2, 0.25) is 5.91 Å². The van der Waals surface area contributed by atoms with Crippen LogP contribution in [0.3, 0.4) is 0 Å². The monoisotopic (exact) mass is 458 g/mol. The van der Waals surface area contributed by atoms with Crippen molar-refractivity contribution < 1.29 is 23.9 Å². The van der Waals surface area contributed by atoms with Crippen LogP contribution >= 0.6 is 0 Å². The molecule has 0 aliphatic carbocycles. The molecule has 2 fully saturated rings. The lowest BCUT2D eigenvalue weighted by molar-refractivity contribution is -0.129. The van der Waals surface area contributed by atoms with Gasteiger partial charge in [-0.3, -0.25) is 19.4 Å². The van der Waals surface area contributed by atoms with Crippen LogP contribution < -0.4 is 14.8 Å². The highest BCUT2D eigenvalue weighted by Gasteiger charge is 2.47. The SMILES string of the molecule is CCN1CCCC1CNC(=O)CCCN1C(=O)C2Cc3cc(OC)c(OC)cc3CN2C1=O. The fourth-order valence-corrected chi connectivity index (χ4v) is 5.23. The number of benzene rings is 1. The van der Waals surface area contributed by atoms with Crippen molar-refractivity contribution in [1.82, 2.24) is 20.0 Å². The fourth-order valence-electron chi connectivity index (χ4n) is 5.23. The standard InChI is InChI=1S/C24H34N4O5/c1-4-26-9-5-7-18(26)14-25-22(29)8-6-10-27-23(30)19-11-16-12-20(32-2)21(33-3)13-17(16)15-28(19)24(27)31/h12-13,18-19H,4-11,14-15H2,1-3H3,(H,25,29). The Morgan fingerprint density at radius 1 is 1.15 bits per heavy atom. The molecular formula is C24H34N4O5. The van der Waals surface area contributed by atoms with Crippen molar-refractivity contribution in [3.8, 4) is 11.5 Å². The fraction of sp³-hybridized carbons (Fsp3) is 0.625. The average Bonchev–Trinajstić information content (AvgIpc) is 3.38. The van der Waals surface area contributed by atoms with E-state index in [2.05, 4.69) is 17.1 Å². The summed E-state index contributed by atoms with van der Waals surface area (Å²) in [6.45, 7) is 5.51. The third kappa shape index (κ3) is 4.64. The van der Waals surface area contributed by atoms with Crippen molar-refractivity contribution in [2.24, 2.45) is 0 Å². The molecule has 0 spiro atoms. The number of likely N-dealkylation sites (tertiary alicyclic amines) is 1. The summed E-state index contributed by atoms with van der Waals surface area (Å²) in [7, 11) is 3.15. The number of fused-ring (bicyclic) bond motifs is 2. The molecule has 4 amide bonds. The second kappa shape index (κ2) is 9.99. The largest absolute Gasteiger partial charge is 0.493 e. The summed E-state index contributed by atoms with van der Waals surface area (Å²) in [6, 6.07) is 3.39. The molecule has 1 aromatic rings. The molecule has 180 valence electrons. The molecule has 3 aliphatic heterocycles. The van der Waals surface area contributed by atoms with E-state index in [4.69, 9.17) is 9.47 Å². The zero-order valence-electron chi connectivity index (χ0n) is 19.8. The van der Waals surface area contributed by atoms with Crippen molar-refractivity contribution in [1.29, 1.82) is 0 Å². The lowest BCUT2D eigenvalue weighted by Crippen LogP contribution is -2.40. The Labute approximate surface area is 195 Å². The van der Waals surface area contributed by atoms with Crippen molar-refractivity contribution in [2.45, 2.75) is 57.7 Å². The van der Waals surface area contributed by atoms with Gasteiger partial charge in [-0.15, -0.1) is 0 Å². The maximum Gasteiger partial charge on any atom is 0.327 e. The molecule has 0 radical (unpaired) electrons. The maximum absolute atomic E-state index is 13.0. The van der Waals surface area contributed by atoms with Gasteiger partial charge in [-0.1, -0.05) is 6.92 Å². The number of hydrogen-bond acceptors (Lipinski definition) is 6. The zero-order chi connectivity index (χ0) is 23.5. The van der Waals surface area contributed by atoms with Gasteiger partial charge < -0.3 is 19.7 Å². The highest BCUT2D eigenvalue weighted by atomic mass is 16.5. The van der Waals surface area contributed by atoms with Crippen LogP contribution in [0.4, 0.5) is 4.79 Å². The Kier molecular flexibility index (Phi) is 7.07. The van der Waals surface area contributed by atoms with Crippen LogP contribution in [0.15, 0.2) is 12.1 Å². The Balaban J connectivity index is 1.30. The van der Waals surface area contributed by atoms with Gasteiger partial charge in [0.05, 0.1) is 14.2 Å². The van der Waals surface area contributed by atoms with Crippen LogP contribution in [0.1, 0.15) is 43.7 Å². The Hall–Kier alpha value is -2.81. The van der Waals surface area contributed by atoms with Crippen molar-refractivity contribution in [3.05, 3.63) is 23.3 Å². The van der Waals surface area contributed by atoms with Crippen LogP contribution in [0.5, 0.6) is 11.5 Å². The number of nitrogens with one attached hydrogen (secondary N) is 1. The number of likely N-dealkylation sites (N-methyl/N-ethyl adjacent to an activating group) is 1. The molecule has 9 heteroatoms. The van der Waals surface area contributed by atoms with Gasteiger partial charge in [0.15, 0.2) is 11.5 Å². The van der Waals surface area contributed by atoms with Crippen LogP contribution in [0.25, 0.3) is 0 Å². The number of ether oxygens (including phenoxy) is 2. The summed E-state index contributed by atoms with van der Waals surface area (Å²) in [5.41, 5.74) is 1.95. The van der Waals surface area contributed by atoms with Crippen LogP contribution in [0.2, 0.25) is 0 Å². The normalized spacial score (nSPS) is 22.4. The third-order valence-corrected chi connectivity index (χ3v) is 7.09. The number of urea groups is 1. The van der Waals surface area contributed by atoms with E-state index in [1.165, 1.54) is 11.3 Å². The summed E-state index contributed by atoms with van der Waals surface area (Å²) < 4.78 is 10.8. The summed E-state index contributed by atoms with van der Waals surface area (Å²) in [6.07, 6.45) is 3.50. The average molecular weight is 459 g/mol. The van der Waals surface area contributed by atoms with E-state index >= 15 is 0 Å². The summed E-state index contributed by atoms with van der Waals surface area (Å²) in [4.78, 5) is 43.5. The topological polar surface area (TPSA) is 91.4 Å². The van der Waals surface area contributed by atoms with Gasteiger partial charge in [-0.25, -0.2) is 4.79 Å². The van der Waals surface area contributed by atoms with Crippen LogP contribution in [0, 0.1) is 0 Å². The van der Waals surface area contributed by atoms with E-state index in [1.54, 1.807) is 19.1 Å². The number of carbonyl (C=O) groups excluding carboxylic acids is 3. The Morgan fingerprint density at radius 2 is 1.88 bits per heavy atom. The summed E-state index contributed by atoms with van der Waals surface area (Å²) >= 11 is 0. The minimum Gasteiger partial charge on any atom is -0.493 e. The van der Waals surface area contributed by atoms with Crippen molar-refractivity contribution in [2.75, 3.05) is 40.4 Å². The molecule has 0 aromatic heterocycles. The predicted molar refractivity (Wildman–Crippen MR) is 122 cm³/mol. The lowest BCUT2D eigenvalue weighted by Gasteiger charge is -2.29. The zero-order valence-corrected chi connectivity index (χ0v) is 19.8. The highest BCUT2D eigenvalue weighted by Crippen LogP contribution is 2.37. The number of nitrogens with zero attached hydrogens (tertiary/aromatic N) is 3. The molecule has 0 saturated carbocycles. The van der Waals surface area contributed by atoms with Crippen LogP contribution in [-0.2, 0) is 22.6 Å². The van der Waals surface area contributed by atoms with Crippen molar-refractivity contribution in [3.63, 3.8) is 0 Å². The van der Waals surface area contributed by atoms with E-state index in [0.717, 1.165) is 30.6 Å². The summed E-state index contributed by atoms with van der Waals surface area (Å²) in [5, 5.41) is 3.02. The van der Waals surface area contributed by atoms with Gasteiger partial charge >= 0.3 is 6.03 Å². The first-order valence-corrected chi connectivity index (χ1v) is 11.8. The molecule has 3 aliphatic rings. The second-order valence-electron chi connectivity index (χ2n) is 8.93. The minimum atomic E-state index is -0.501. The maximum atomic E-state index is 13.0. The van der Waals surface area contributed by atoms with Crippen LogP contribution in [-0.4, -0.2) is 85.0 Å². The number of hydrogen-bond donors (Lipinski definition) is 1. The first kappa shape index (κ1) is 23.4. The third-order valence-electron chi connectivity index (χ3n) is 7.09. The van der Waals surface area contributed by atoms with E-state index in [-0.39, 0.29) is 24.4 Å². The van der Waals surface area contributed by atoms with Gasteiger partial charge in [0.25, 0.3) is 5.91 Å². The molecular weight excluding hydrogens is 424 g/mol. The van der Waals surface area contributed by atoms with Crippen molar-refractivity contribution >= 4 is 17.8 Å². The molecule has 4 rings (SSSR count). The molecule has 2 unspecified atom stereocenters. The van der Waals surface area contributed by atoms with Gasteiger partial charge in [-0.05, 0) is 55.6 Å². The molecule has 3 heterocycles. The smallest absolute Gasteiger partial charge is 0.327 e. The highest BCUT2D eigenvalue weighted by molar-refractivity contribution is 6.04. The molecule has 1 aromatic carbocycles.